The molecule has 0 heterocycles. The van der Waals surface area contributed by atoms with Crippen molar-refractivity contribution in [3.63, 3.8) is 0 Å². The predicted octanol–water partition coefficient (Wildman–Crippen LogP) is 5.49. The van der Waals surface area contributed by atoms with Crippen molar-refractivity contribution in [3.8, 4) is 0 Å². The van der Waals surface area contributed by atoms with Crippen molar-refractivity contribution in [1.29, 1.82) is 0 Å². The predicted molar refractivity (Wildman–Crippen MR) is 125 cm³/mol. The summed E-state index contributed by atoms with van der Waals surface area (Å²) in [4.78, 5) is 23.9. The van der Waals surface area contributed by atoms with Gasteiger partial charge in [0.25, 0.3) is 0 Å². The Morgan fingerprint density at radius 3 is 1.82 bits per heavy atom. The lowest BCUT2D eigenvalue weighted by Crippen LogP contribution is -2.44. The second-order valence-electron chi connectivity index (χ2n) is 8.35. The minimum atomic E-state index is -3.90. The zero-order valence-corrected chi connectivity index (χ0v) is 20.1. The van der Waals surface area contributed by atoms with Crippen LogP contribution in [-0.2, 0) is 36.4 Å². The number of carboxylic acids is 1. The molecule has 178 valence electrons. The maximum atomic E-state index is 13.6. The fourth-order valence-corrected chi connectivity index (χ4v) is 4.24. The van der Waals surface area contributed by atoms with Crippen LogP contribution in [0.1, 0.15) is 38.8 Å². The lowest BCUT2D eigenvalue weighted by atomic mass is 10.1. The molecule has 33 heavy (non-hydrogen) atoms. The van der Waals surface area contributed by atoms with Gasteiger partial charge in [0.05, 0.1) is 13.2 Å². The fraction of sp³-hybridized carbons (Fsp3) is 0.333. The van der Waals surface area contributed by atoms with Crippen molar-refractivity contribution in [1.82, 2.24) is 5.32 Å². The van der Waals surface area contributed by atoms with E-state index in [2.05, 4.69) is 5.32 Å². The molecule has 0 aliphatic carbocycles. The average Bonchev–Trinajstić information content (AvgIpc) is 2.75. The Bertz CT molecular complexity index is 953. The number of carbonyl (C=O) groups excluding carboxylic acids is 1. The number of hydrogen-bond acceptors (Lipinski definition) is 6. The summed E-state index contributed by atoms with van der Waals surface area (Å²) in [5.41, 5.74) is 0.817. The van der Waals surface area contributed by atoms with Gasteiger partial charge in [0.1, 0.15) is 5.60 Å². The minimum absolute atomic E-state index is 0.00603. The molecule has 9 heteroatoms. The summed E-state index contributed by atoms with van der Waals surface area (Å²) in [6.07, 6.45) is -0.909. The lowest BCUT2D eigenvalue weighted by Gasteiger charge is -2.23. The molecule has 0 aliphatic heterocycles. The number of hydrogen-bond donors (Lipinski definition) is 2. The number of amides is 1. The van der Waals surface area contributed by atoms with E-state index in [1.807, 2.05) is 60.7 Å². The largest absolute Gasteiger partial charge is 0.479 e. The quantitative estimate of drug-likeness (QED) is 0.437. The van der Waals surface area contributed by atoms with Gasteiger partial charge in [0.2, 0.25) is 0 Å². The molecule has 2 aromatic rings. The summed E-state index contributed by atoms with van der Waals surface area (Å²) in [6.45, 7) is 6.40. The Labute approximate surface area is 194 Å². The van der Waals surface area contributed by atoms with Gasteiger partial charge >= 0.3 is 19.7 Å². The first kappa shape index (κ1) is 26.3. The van der Waals surface area contributed by atoms with E-state index in [0.29, 0.717) is 0 Å². The molecule has 2 N–H and O–H groups in total. The molecule has 0 saturated heterocycles. The van der Waals surface area contributed by atoms with Crippen molar-refractivity contribution < 1.29 is 33.0 Å². The molecule has 2 rings (SSSR count). The third-order valence-corrected chi connectivity index (χ3v) is 5.93. The van der Waals surface area contributed by atoms with E-state index in [1.54, 1.807) is 20.8 Å². The fourth-order valence-electron chi connectivity index (χ4n) is 2.71. The Morgan fingerprint density at radius 1 is 0.970 bits per heavy atom. The minimum Gasteiger partial charge on any atom is -0.479 e. The van der Waals surface area contributed by atoms with Crippen molar-refractivity contribution in [2.45, 2.75) is 52.6 Å². The van der Waals surface area contributed by atoms with Gasteiger partial charge in [-0.1, -0.05) is 60.7 Å². The van der Waals surface area contributed by atoms with E-state index in [0.717, 1.165) is 16.9 Å². The van der Waals surface area contributed by atoms with Crippen LogP contribution in [0.3, 0.4) is 0 Å². The number of benzene rings is 2. The summed E-state index contributed by atoms with van der Waals surface area (Å²) >= 11 is 0. The first-order chi connectivity index (χ1) is 15.5. The number of carboxylic acid groups (broad SMARTS) is 1. The van der Waals surface area contributed by atoms with Crippen molar-refractivity contribution in [2.75, 3.05) is 0 Å². The molecule has 0 fully saturated rings. The maximum Gasteiger partial charge on any atom is 0.408 e. The number of alkyl carbamates (subject to hydrolysis) is 1. The highest BCUT2D eigenvalue weighted by Gasteiger charge is 2.29. The Kier molecular flexibility index (Phi) is 9.41. The molecule has 0 radical (unpaired) electrons. The van der Waals surface area contributed by atoms with Crippen LogP contribution in [0.25, 0.3) is 0 Å². The summed E-state index contributed by atoms with van der Waals surface area (Å²) in [7, 11) is -3.90. The molecule has 1 amide bonds. The summed E-state index contributed by atoms with van der Waals surface area (Å²) in [5, 5.41) is 11.9. The van der Waals surface area contributed by atoms with E-state index < -0.39 is 31.3 Å². The molecule has 0 spiro atoms. The SMILES string of the molecule is C/C(=C\P(=O)(OCc1ccccc1)OCc1ccccc1)[C@@H](NC(=O)OC(C)(C)C)C(=O)O. The van der Waals surface area contributed by atoms with Gasteiger partial charge in [0, 0.05) is 5.82 Å². The van der Waals surface area contributed by atoms with Gasteiger partial charge in [-0.3, -0.25) is 4.57 Å². The van der Waals surface area contributed by atoms with E-state index in [4.69, 9.17) is 13.8 Å². The molecule has 0 saturated carbocycles. The molecular formula is C24H30NO7P. The van der Waals surface area contributed by atoms with Crippen LogP contribution in [-0.4, -0.2) is 28.8 Å². The van der Waals surface area contributed by atoms with E-state index in [-0.39, 0.29) is 18.8 Å². The zero-order chi connectivity index (χ0) is 24.5. The van der Waals surface area contributed by atoms with Crippen molar-refractivity contribution >= 4 is 19.7 Å². The maximum absolute atomic E-state index is 13.6. The van der Waals surface area contributed by atoms with Gasteiger partial charge in [-0.05, 0) is 44.4 Å². The van der Waals surface area contributed by atoms with Gasteiger partial charge in [-0.2, -0.15) is 0 Å². The second kappa shape index (κ2) is 11.8. The van der Waals surface area contributed by atoms with Crippen LogP contribution < -0.4 is 5.32 Å². The smallest absolute Gasteiger partial charge is 0.408 e. The first-order valence-electron chi connectivity index (χ1n) is 10.4. The van der Waals surface area contributed by atoms with Crippen LogP contribution >= 0.6 is 7.60 Å². The molecule has 0 bridgehead atoms. The third kappa shape index (κ3) is 9.61. The first-order valence-corrected chi connectivity index (χ1v) is 12.0. The zero-order valence-electron chi connectivity index (χ0n) is 19.2. The summed E-state index contributed by atoms with van der Waals surface area (Å²) in [6, 6.07) is 16.7. The molecule has 0 aliphatic rings. The van der Waals surface area contributed by atoms with Crippen molar-refractivity contribution in [3.05, 3.63) is 83.2 Å². The highest BCUT2D eigenvalue weighted by molar-refractivity contribution is 7.57. The van der Waals surface area contributed by atoms with Crippen molar-refractivity contribution in [2.24, 2.45) is 0 Å². The van der Waals surface area contributed by atoms with E-state index >= 15 is 0 Å². The highest BCUT2D eigenvalue weighted by atomic mass is 31.2. The van der Waals surface area contributed by atoms with E-state index in [9.17, 15) is 19.3 Å². The molecule has 0 unspecified atom stereocenters. The Hall–Kier alpha value is -2.93. The van der Waals surface area contributed by atoms with E-state index in [1.165, 1.54) is 6.92 Å². The summed E-state index contributed by atoms with van der Waals surface area (Å²) < 4.78 is 30.0. The number of nitrogens with one attached hydrogen (secondary N) is 1. The molecule has 8 nitrogen and oxygen atoms in total. The normalized spacial score (nSPS) is 13.3. The van der Waals surface area contributed by atoms with Crippen LogP contribution in [0.4, 0.5) is 4.79 Å². The molecule has 0 aromatic heterocycles. The average molecular weight is 475 g/mol. The number of aliphatic carboxylic acids is 1. The Balaban J connectivity index is 2.24. The monoisotopic (exact) mass is 475 g/mol. The van der Waals surface area contributed by atoms with Crippen LogP contribution in [0.2, 0.25) is 0 Å². The van der Waals surface area contributed by atoms with Crippen LogP contribution in [0.15, 0.2) is 72.1 Å². The number of ether oxygens (including phenoxy) is 1. The molecule has 2 aromatic carbocycles. The lowest BCUT2D eigenvalue weighted by molar-refractivity contribution is -0.138. The molecular weight excluding hydrogens is 445 g/mol. The van der Waals surface area contributed by atoms with Gasteiger partial charge in [0.15, 0.2) is 6.04 Å². The summed E-state index contributed by atoms with van der Waals surface area (Å²) in [5.74, 6) is -0.207. The standard InChI is InChI=1S/C24H30NO7P/c1-18(21(22(26)27)25-23(28)32-24(2,3)4)17-33(29,30-15-19-11-7-5-8-12-19)31-16-20-13-9-6-10-14-20/h5-14,17,21H,15-16H2,1-4H3,(H,25,28)(H,26,27)/b18-17+/t21-/m1/s1. The molecule has 1 atom stereocenters. The second-order valence-corrected chi connectivity index (χ2v) is 10.2. The van der Waals surface area contributed by atoms with Gasteiger partial charge in [-0.15, -0.1) is 0 Å². The highest BCUT2D eigenvalue weighted by Crippen LogP contribution is 2.52. The third-order valence-electron chi connectivity index (χ3n) is 4.23. The van der Waals surface area contributed by atoms with Gasteiger partial charge in [-0.25, -0.2) is 9.59 Å². The number of carbonyl (C=O) groups is 2. The topological polar surface area (TPSA) is 111 Å². The van der Waals surface area contributed by atoms with Gasteiger partial charge < -0.3 is 24.2 Å². The Morgan fingerprint density at radius 2 is 1.42 bits per heavy atom. The number of rotatable bonds is 10. The van der Waals surface area contributed by atoms with Crippen LogP contribution in [0, 0.1) is 0 Å². The van der Waals surface area contributed by atoms with Crippen LogP contribution in [0.5, 0.6) is 0 Å².